The zero-order valence-electron chi connectivity index (χ0n) is 17.2. The number of rotatable bonds is 8. The molecule has 1 fully saturated rings. The first-order valence-corrected chi connectivity index (χ1v) is 9.92. The molecule has 158 valence electrons. The van der Waals surface area contributed by atoms with Gasteiger partial charge in [-0.2, -0.15) is 0 Å². The van der Waals surface area contributed by atoms with E-state index in [4.69, 9.17) is 5.73 Å². The second-order valence-corrected chi connectivity index (χ2v) is 7.75. The number of hydrogen-bond donors (Lipinski definition) is 3. The van der Waals surface area contributed by atoms with Gasteiger partial charge in [0.2, 0.25) is 23.6 Å². The van der Waals surface area contributed by atoms with Crippen LogP contribution in [-0.4, -0.2) is 53.2 Å². The van der Waals surface area contributed by atoms with Crippen LogP contribution in [0.2, 0.25) is 0 Å². The molecule has 1 aromatic rings. The van der Waals surface area contributed by atoms with Gasteiger partial charge in [0.25, 0.3) is 0 Å². The fourth-order valence-corrected chi connectivity index (χ4v) is 3.56. The zero-order valence-corrected chi connectivity index (χ0v) is 17.2. The fraction of sp³-hybridized carbons (Fsp3) is 0.524. The van der Waals surface area contributed by atoms with Crippen LogP contribution in [0.4, 0.5) is 0 Å². The fourth-order valence-electron chi connectivity index (χ4n) is 3.56. The highest BCUT2D eigenvalue weighted by Gasteiger charge is 2.35. The Morgan fingerprint density at radius 3 is 2.34 bits per heavy atom. The highest BCUT2D eigenvalue weighted by Crippen LogP contribution is 2.18. The van der Waals surface area contributed by atoms with E-state index in [0.717, 1.165) is 12.0 Å². The van der Waals surface area contributed by atoms with E-state index in [0.29, 0.717) is 13.0 Å². The van der Waals surface area contributed by atoms with Crippen LogP contribution in [0.1, 0.15) is 39.2 Å². The van der Waals surface area contributed by atoms with Gasteiger partial charge in [-0.1, -0.05) is 44.2 Å². The predicted octanol–water partition coefficient (Wildman–Crippen LogP) is 0.351. The molecule has 0 saturated carbocycles. The minimum absolute atomic E-state index is 0.166. The summed E-state index contributed by atoms with van der Waals surface area (Å²) in [6.07, 6.45) is 1.56. The third-order valence-electron chi connectivity index (χ3n) is 5.15. The van der Waals surface area contributed by atoms with Gasteiger partial charge in [-0.15, -0.1) is 0 Å². The first kappa shape index (κ1) is 22.4. The van der Waals surface area contributed by atoms with Crippen molar-refractivity contribution in [3.05, 3.63) is 35.9 Å². The van der Waals surface area contributed by atoms with Crippen molar-refractivity contribution < 1.29 is 19.2 Å². The minimum atomic E-state index is -0.889. The van der Waals surface area contributed by atoms with E-state index >= 15 is 0 Å². The van der Waals surface area contributed by atoms with Crippen molar-refractivity contribution in [1.82, 2.24) is 15.5 Å². The lowest BCUT2D eigenvalue weighted by Gasteiger charge is -2.27. The molecular weight excluding hydrogens is 372 g/mol. The standard InChI is InChI=1S/C21H30N4O4/c1-13(2)18(19(22)27)24-20(28)16(12-15-8-5-4-6-9-15)23-21(29)17-10-7-11-25(17)14(3)26/h4-6,8-9,13,16-18H,7,10-12H2,1-3H3,(H2,22,27)(H,23,29)(H,24,28)/t16-,17-,18-/m0/s1. The molecule has 8 heteroatoms. The van der Waals surface area contributed by atoms with Gasteiger partial charge in [-0.25, -0.2) is 0 Å². The molecule has 3 atom stereocenters. The molecule has 1 heterocycles. The highest BCUT2D eigenvalue weighted by atomic mass is 16.2. The van der Waals surface area contributed by atoms with Gasteiger partial charge in [0, 0.05) is 19.9 Å². The Kier molecular flexibility index (Phi) is 7.75. The van der Waals surface area contributed by atoms with Gasteiger partial charge in [0.15, 0.2) is 0 Å². The van der Waals surface area contributed by atoms with Crippen LogP contribution in [0.15, 0.2) is 30.3 Å². The monoisotopic (exact) mass is 402 g/mol. The second kappa shape index (κ2) is 10.0. The van der Waals surface area contributed by atoms with E-state index in [1.807, 2.05) is 30.3 Å². The second-order valence-electron chi connectivity index (χ2n) is 7.75. The van der Waals surface area contributed by atoms with Gasteiger partial charge in [-0.3, -0.25) is 19.2 Å². The van der Waals surface area contributed by atoms with Crippen molar-refractivity contribution in [3.63, 3.8) is 0 Å². The molecule has 0 aliphatic carbocycles. The van der Waals surface area contributed by atoms with Crippen LogP contribution in [-0.2, 0) is 25.6 Å². The van der Waals surface area contributed by atoms with E-state index in [1.54, 1.807) is 13.8 Å². The molecule has 1 aromatic carbocycles. The molecule has 0 unspecified atom stereocenters. The summed E-state index contributed by atoms with van der Waals surface area (Å²) in [6.45, 7) is 5.52. The number of hydrogen-bond acceptors (Lipinski definition) is 4. The highest BCUT2D eigenvalue weighted by molar-refractivity contribution is 5.94. The number of nitrogens with one attached hydrogen (secondary N) is 2. The number of carbonyl (C=O) groups excluding carboxylic acids is 4. The topological polar surface area (TPSA) is 122 Å². The number of primary amides is 1. The van der Waals surface area contributed by atoms with Crippen LogP contribution in [0.25, 0.3) is 0 Å². The average Bonchev–Trinajstić information content (AvgIpc) is 3.16. The number of carbonyl (C=O) groups is 4. The Balaban J connectivity index is 2.18. The maximum Gasteiger partial charge on any atom is 0.243 e. The number of likely N-dealkylation sites (tertiary alicyclic amines) is 1. The van der Waals surface area contributed by atoms with Crippen molar-refractivity contribution in [2.75, 3.05) is 6.54 Å². The van der Waals surface area contributed by atoms with E-state index in [2.05, 4.69) is 10.6 Å². The van der Waals surface area contributed by atoms with E-state index < -0.39 is 29.9 Å². The van der Waals surface area contributed by atoms with Crippen molar-refractivity contribution >= 4 is 23.6 Å². The molecule has 8 nitrogen and oxygen atoms in total. The molecule has 4 amide bonds. The Bertz CT molecular complexity index is 750. The quantitative estimate of drug-likeness (QED) is 0.581. The Labute approximate surface area is 171 Å². The largest absolute Gasteiger partial charge is 0.368 e. The first-order chi connectivity index (χ1) is 13.7. The molecule has 0 bridgehead atoms. The summed E-state index contributed by atoms with van der Waals surface area (Å²) in [7, 11) is 0. The number of benzene rings is 1. The van der Waals surface area contributed by atoms with Crippen LogP contribution in [0, 0.1) is 5.92 Å². The van der Waals surface area contributed by atoms with Crippen molar-refractivity contribution in [3.8, 4) is 0 Å². The third-order valence-corrected chi connectivity index (χ3v) is 5.15. The van der Waals surface area contributed by atoms with Gasteiger partial charge >= 0.3 is 0 Å². The Hall–Kier alpha value is -2.90. The van der Waals surface area contributed by atoms with Crippen LogP contribution in [0.3, 0.4) is 0 Å². The summed E-state index contributed by atoms with van der Waals surface area (Å²) in [5.74, 6) is -1.83. The molecule has 0 aromatic heterocycles. The molecule has 1 aliphatic rings. The van der Waals surface area contributed by atoms with E-state index in [1.165, 1.54) is 11.8 Å². The van der Waals surface area contributed by atoms with Crippen molar-refractivity contribution in [2.24, 2.45) is 11.7 Å². The Morgan fingerprint density at radius 2 is 1.79 bits per heavy atom. The zero-order chi connectivity index (χ0) is 21.6. The number of amides is 4. The van der Waals surface area contributed by atoms with Crippen LogP contribution >= 0.6 is 0 Å². The summed E-state index contributed by atoms with van der Waals surface area (Å²) < 4.78 is 0. The average molecular weight is 402 g/mol. The van der Waals surface area contributed by atoms with Gasteiger partial charge < -0.3 is 21.3 Å². The van der Waals surface area contributed by atoms with Crippen molar-refractivity contribution in [1.29, 1.82) is 0 Å². The lowest BCUT2D eigenvalue weighted by Crippen LogP contribution is -2.57. The summed E-state index contributed by atoms with van der Waals surface area (Å²) in [4.78, 5) is 50.7. The molecular formula is C21H30N4O4. The van der Waals surface area contributed by atoms with E-state index in [-0.39, 0.29) is 24.2 Å². The number of nitrogens with two attached hydrogens (primary N) is 1. The van der Waals surface area contributed by atoms with Gasteiger partial charge in [-0.05, 0) is 24.3 Å². The van der Waals surface area contributed by atoms with E-state index in [9.17, 15) is 19.2 Å². The Morgan fingerprint density at radius 1 is 1.14 bits per heavy atom. The molecule has 2 rings (SSSR count). The molecule has 0 spiro atoms. The SMILES string of the molecule is CC(=O)N1CCC[C@H]1C(=O)N[C@@H](Cc1ccccc1)C(=O)N[C@H](C(N)=O)C(C)C. The molecule has 1 aliphatic heterocycles. The van der Waals surface area contributed by atoms with Crippen LogP contribution < -0.4 is 16.4 Å². The molecule has 0 radical (unpaired) electrons. The third kappa shape index (κ3) is 6.04. The minimum Gasteiger partial charge on any atom is -0.368 e. The van der Waals surface area contributed by atoms with Crippen LogP contribution in [0.5, 0.6) is 0 Å². The summed E-state index contributed by atoms with van der Waals surface area (Å²) in [6, 6.07) is 6.97. The van der Waals surface area contributed by atoms with Gasteiger partial charge in [0.1, 0.15) is 18.1 Å². The normalized spacial score (nSPS) is 18.2. The van der Waals surface area contributed by atoms with Crippen molar-refractivity contribution in [2.45, 2.75) is 58.2 Å². The predicted molar refractivity (Wildman–Crippen MR) is 108 cm³/mol. The summed E-state index contributed by atoms with van der Waals surface area (Å²) in [5.41, 5.74) is 6.27. The lowest BCUT2D eigenvalue weighted by molar-refractivity contribution is -0.138. The first-order valence-electron chi connectivity index (χ1n) is 9.92. The molecule has 29 heavy (non-hydrogen) atoms. The molecule has 4 N–H and O–H groups in total. The summed E-state index contributed by atoms with van der Waals surface area (Å²) in [5, 5.41) is 5.44. The smallest absolute Gasteiger partial charge is 0.243 e. The maximum absolute atomic E-state index is 12.9. The maximum atomic E-state index is 12.9. The lowest BCUT2D eigenvalue weighted by atomic mass is 10.0. The number of nitrogens with zero attached hydrogens (tertiary/aromatic N) is 1. The summed E-state index contributed by atoms with van der Waals surface area (Å²) >= 11 is 0. The molecule has 1 saturated heterocycles. The van der Waals surface area contributed by atoms with Gasteiger partial charge in [0.05, 0.1) is 0 Å².